The van der Waals surface area contributed by atoms with Gasteiger partial charge in [0.15, 0.2) is 5.15 Å². The molecule has 1 unspecified atom stereocenters. The van der Waals surface area contributed by atoms with E-state index in [9.17, 15) is 0 Å². The number of hydrogen-bond acceptors (Lipinski definition) is 2. The fourth-order valence-corrected chi connectivity index (χ4v) is 2.10. The van der Waals surface area contributed by atoms with Gasteiger partial charge >= 0.3 is 0 Å². The first-order valence-corrected chi connectivity index (χ1v) is 5.81. The van der Waals surface area contributed by atoms with Gasteiger partial charge in [0.05, 0.1) is 5.52 Å². The van der Waals surface area contributed by atoms with E-state index in [0.717, 1.165) is 23.5 Å². The molecule has 0 aliphatic rings. The van der Waals surface area contributed by atoms with Gasteiger partial charge in [0.1, 0.15) is 5.82 Å². The predicted octanol–water partition coefficient (Wildman–Crippen LogP) is 2.45. The second-order valence-electron chi connectivity index (χ2n) is 4.10. The van der Waals surface area contributed by atoms with E-state index < -0.39 is 0 Å². The Morgan fingerprint density at radius 1 is 1.50 bits per heavy atom. The second-order valence-corrected chi connectivity index (χ2v) is 4.46. The largest absolute Gasteiger partial charge is 0.317 e. The minimum absolute atomic E-state index is 0.390. The number of pyridine rings is 1. The first-order valence-electron chi connectivity index (χ1n) is 5.43. The molecule has 0 saturated carbocycles. The molecule has 0 fully saturated rings. The summed E-state index contributed by atoms with van der Waals surface area (Å²) >= 11 is 6.12. The summed E-state index contributed by atoms with van der Waals surface area (Å²) in [4.78, 5) is 4.43. The highest BCUT2D eigenvalue weighted by Crippen LogP contribution is 2.20. The first kappa shape index (κ1) is 11.4. The zero-order valence-electron chi connectivity index (χ0n) is 9.79. The molecule has 1 N–H and O–H groups in total. The number of likely N-dealkylation sites (N-methyl/N-ethyl adjacent to an activating group) is 1. The topological polar surface area (TPSA) is 29.3 Å². The maximum atomic E-state index is 6.12. The standard InChI is InChI=1S/C12H16ClN3/c1-8(14-3)7-11-15-12(13)10-6-4-5-9(2)16(10)11/h4-6,8,14H,7H2,1-3H3. The molecule has 0 saturated heterocycles. The van der Waals surface area contributed by atoms with Gasteiger partial charge in [-0.1, -0.05) is 17.7 Å². The number of imidazole rings is 1. The van der Waals surface area contributed by atoms with Crippen LogP contribution in [0.5, 0.6) is 0 Å². The lowest BCUT2D eigenvalue weighted by molar-refractivity contribution is 0.589. The molecule has 0 bridgehead atoms. The third kappa shape index (κ3) is 1.93. The van der Waals surface area contributed by atoms with E-state index in [1.165, 1.54) is 0 Å². The molecule has 16 heavy (non-hydrogen) atoms. The summed E-state index contributed by atoms with van der Waals surface area (Å²) in [6, 6.07) is 6.46. The van der Waals surface area contributed by atoms with Crippen molar-refractivity contribution < 1.29 is 0 Å². The van der Waals surface area contributed by atoms with Crippen LogP contribution in [0.25, 0.3) is 5.52 Å². The normalized spacial score (nSPS) is 13.2. The van der Waals surface area contributed by atoms with Crippen LogP contribution in [0.1, 0.15) is 18.4 Å². The van der Waals surface area contributed by atoms with E-state index in [4.69, 9.17) is 11.6 Å². The third-order valence-corrected chi connectivity index (χ3v) is 3.14. The first-order chi connectivity index (χ1) is 7.63. The number of nitrogens with one attached hydrogen (secondary N) is 1. The molecule has 0 aliphatic carbocycles. The molecule has 4 heteroatoms. The highest BCUT2D eigenvalue weighted by Gasteiger charge is 2.12. The lowest BCUT2D eigenvalue weighted by Crippen LogP contribution is -2.24. The van der Waals surface area contributed by atoms with E-state index in [0.29, 0.717) is 11.2 Å². The molecule has 0 aliphatic heterocycles. The van der Waals surface area contributed by atoms with Crippen LogP contribution in [-0.4, -0.2) is 22.5 Å². The Labute approximate surface area is 100 Å². The van der Waals surface area contributed by atoms with Gasteiger partial charge in [-0.3, -0.25) is 4.40 Å². The SMILES string of the molecule is CNC(C)Cc1nc(Cl)c2cccc(C)n12. The van der Waals surface area contributed by atoms with Crippen molar-refractivity contribution in [1.29, 1.82) is 0 Å². The van der Waals surface area contributed by atoms with Crippen LogP contribution in [-0.2, 0) is 6.42 Å². The van der Waals surface area contributed by atoms with Crippen molar-refractivity contribution in [3.05, 3.63) is 34.9 Å². The van der Waals surface area contributed by atoms with Crippen LogP contribution in [0.15, 0.2) is 18.2 Å². The summed E-state index contributed by atoms with van der Waals surface area (Å²) in [5.74, 6) is 1.01. The molecular formula is C12H16ClN3. The lowest BCUT2D eigenvalue weighted by Gasteiger charge is -2.10. The monoisotopic (exact) mass is 237 g/mol. The lowest BCUT2D eigenvalue weighted by atomic mass is 10.2. The number of aryl methyl sites for hydroxylation is 1. The van der Waals surface area contributed by atoms with E-state index in [2.05, 4.69) is 34.6 Å². The van der Waals surface area contributed by atoms with Gasteiger partial charge in [-0.05, 0) is 33.0 Å². The van der Waals surface area contributed by atoms with Gasteiger partial charge in [-0.2, -0.15) is 0 Å². The summed E-state index contributed by atoms with van der Waals surface area (Å²) in [5, 5.41) is 3.80. The predicted molar refractivity (Wildman–Crippen MR) is 67.2 cm³/mol. The Hall–Kier alpha value is -1.06. The Morgan fingerprint density at radius 3 is 2.94 bits per heavy atom. The number of aromatic nitrogens is 2. The van der Waals surface area contributed by atoms with Crippen LogP contribution in [0.2, 0.25) is 5.15 Å². The van der Waals surface area contributed by atoms with Crippen molar-refractivity contribution in [3.8, 4) is 0 Å². The Balaban J connectivity index is 2.53. The number of hydrogen-bond donors (Lipinski definition) is 1. The molecule has 2 rings (SSSR count). The van der Waals surface area contributed by atoms with Gasteiger partial charge in [0.2, 0.25) is 0 Å². The van der Waals surface area contributed by atoms with Crippen molar-refractivity contribution in [2.24, 2.45) is 0 Å². The molecule has 0 spiro atoms. The third-order valence-electron chi connectivity index (χ3n) is 2.86. The summed E-state index contributed by atoms with van der Waals surface area (Å²) in [5.41, 5.74) is 2.15. The van der Waals surface area contributed by atoms with Gasteiger partial charge in [-0.15, -0.1) is 0 Å². The Morgan fingerprint density at radius 2 is 2.25 bits per heavy atom. The summed E-state index contributed by atoms with van der Waals surface area (Å²) in [7, 11) is 1.95. The molecule has 3 nitrogen and oxygen atoms in total. The fourth-order valence-electron chi connectivity index (χ4n) is 1.85. The highest BCUT2D eigenvalue weighted by atomic mass is 35.5. The van der Waals surface area contributed by atoms with Gasteiger partial charge in [0.25, 0.3) is 0 Å². The quantitative estimate of drug-likeness (QED) is 0.889. The van der Waals surface area contributed by atoms with E-state index >= 15 is 0 Å². The highest BCUT2D eigenvalue weighted by molar-refractivity contribution is 6.32. The average Bonchev–Trinajstić information content (AvgIpc) is 2.57. The zero-order chi connectivity index (χ0) is 11.7. The van der Waals surface area contributed by atoms with E-state index in [-0.39, 0.29) is 0 Å². The smallest absolute Gasteiger partial charge is 0.155 e. The van der Waals surface area contributed by atoms with Crippen LogP contribution in [0.4, 0.5) is 0 Å². The maximum absolute atomic E-state index is 6.12. The Kier molecular flexibility index (Phi) is 3.17. The van der Waals surface area contributed by atoms with Crippen molar-refractivity contribution >= 4 is 17.1 Å². The summed E-state index contributed by atoms with van der Waals surface area (Å²) < 4.78 is 2.12. The minimum Gasteiger partial charge on any atom is -0.317 e. The van der Waals surface area contributed by atoms with Crippen molar-refractivity contribution in [2.45, 2.75) is 26.3 Å². The number of rotatable bonds is 3. The van der Waals surface area contributed by atoms with E-state index in [1.54, 1.807) is 0 Å². The summed E-state index contributed by atoms with van der Waals surface area (Å²) in [6.07, 6.45) is 0.870. The molecule has 2 heterocycles. The second kappa shape index (κ2) is 4.44. The van der Waals surface area contributed by atoms with Crippen molar-refractivity contribution in [2.75, 3.05) is 7.05 Å². The molecule has 1 atom stereocenters. The number of halogens is 1. The van der Waals surface area contributed by atoms with Crippen LogP contribution < -0.4 is 5.32 Å². The zero-order valence-corrected chi connectivity index (χ0v) is 10.5. The molecular weight excluding hydrogens is 222 g/mol. The molecule has 2 aromatic rings. The van der Waals surface area contributed by atoms with Gasteiger partial charge in [0, 0.05) is 18.2 Å². The fraction of sp³-hybridized carbons (Fsp3) is 0.417. The molecule has 0 aromatic carbocycles. The number of nitrogens with zero attached hydrogens (tertiary/aromatic N) is 2. The molecule has 2 aromatic heterocycles. The van der Waals surface area contributed by atoms with Crippen molar-refractivity contribution in [3.63, 3.8) is 0 Å². The minimum atomic E-state index is 0.390. The number of fused-ring (bicyclic) bond motifs is 1. The van der Waals surface area contributed by atoms with E-state index in [1.807, 2.05) is 19.2 Å². The van der Waals surface area contributed by atoms with Gasteiger partial charge < -0.3 is 5.32 Å². The van der Waals surface area contributed by atoms with Crippen LogP contribution in [0.3, 0.4) is 0 Å². The molecule has 0 radical (unpaired) electrons. The van der Waals surface area contributed by atoms with Gasteiger partial charge in [-0.25, -0.2) is 4.98 Å². The molecule has 0 amide bonds. The molecule has 86 valence electrons. The average molecular weight is 238 g/mol. The van der Waals surface area contributed by atoms with Crippen LogP contribution >= 0.6 is 11.6 Å². The van der Waals surface area contributed by atoms with Crippen LogP contribution in [0, 0.1) is 6.92 Å². The summed E-state index contributed by atoms with van der Waals surface area (Å²) in [6.45, 7) is 4.20. The maximum Gasteiger partial charge on any atom is 0.155 e. The van der Waals surface area contributed by atoms with Crippen molar-refractivity contribution in [1.82, 2.24) is 14.7 Å². The Bertz CT molecular complexity index is 504.